The highest BCUT2D eigenvalue weighted by Gasteiger charge is 2.19. The highest BCUT2D eigenvalue weighted by molar-refractivity contribution is 7.85. The molecule has 1 aromatic heterocycles. The topological polar surface area (TPSA) is 68.2 Å². The molecule has 1 aliphatic rings. The van der Waals surface area contributed by atoms with Gasteiger partial charge in [-0.15, -0.1) is 0 Å². The predicted molar refractivity (Wildman–Crippen MR) is 70.7 cm³/mol. The van der Waals surface area contributed by atoms with Gasteiger partial charge in [-0.3, -0.25) is 4.21 Å². The quantitative estimate of drug-likeness (QED) is 0.823. The number of hydrogen-bond donors (Lipinski definition) is 0. The van der Waals surface area contributed by atoms with Crippen LogP contribution in [-0.4, -0.2) is 49.9 Å². The molecule has 100 valence electrons. The van der Waals surface area contributed by atoms with Gasteiger partial charge in [0.05, 0.1) is 6.10 Å². The van der Waals surface area contributed by atoms with E-state index >= 15 is 0 Å². The minimum absolute atomic E-state index is 0.0230. The van der Waals surface area contributed by atoms with E-state index in [0.29, 0.717) is 30.5 Å². The van der Waals surface area contributed by atoms with Crippen LogP contribution in [-0.2, 0) is 10.8 Å². The summed E-state index contributed by atoms with van der Waals surface area (Å²) >= 11 is 5.85. The minimum atomic E-state index is -0.732. The first-order valence-corrected chi connectivity index (χ1v) is 7.59. The largest absolute Gasteiger partial charge is 0.461 e. The molecule has 0 amide bonds. The Morgan fingerprint density at radius 3 is 2.56 bits per heavy atom. The minimum Gasteiger partial charge on any atom is -0.461 e. The molecule has 8 heteroatoms. The molecular formula is C10H15ClN4O2S. The molecule has 0 unspecified atom stereocenters. The standard InChI is InChI=1S/C10H15ClN4O2S/c1-7(2)17-10-13-8(11)12-9(14-10)15-3-5-18(16)6-4-15/h7H,3-6H2,1-2H3. The van der Waals surface area contributed by atoms with Crippen LogP contribution in [0.4, 0.5) is 5.95 Å². The van der Waals surface area contributed by atoms with Gasteiger partial charge in [0.1, 0.15) is 0 Å². The Bertz CT molecular complexity index is 448. The van der Waals surface area contributed by atoms with Crippen molar-refractivity contribution in [3.8, 4) is 6.01 Å². The number of hydrogen-bond acceptors (Lipinski definition) is 6. The van der Waals surface area contributed by atoms with Crippen molar-refractivity contribution in [3.05, 3.63) is 5.28 Å². The van der Waals surface area contributed by atoms with E-state index in [1.807, 2.05) is 18.7 Å². The van der Waals surface area contributed by atoms with Crippen LogP contribution in [0.1, 0.15) is 13.8 Å². The van der Waals surface area contributed by atoms with Gasteiger partial charge in [-0.25, -0.2) is 0 Å². The Labute approximate surface area is 113 Å². The summed E-state index contributed by atoms with van der Waals surface area (Å²) in [6.45, 7) is 5.10. The molecule has 6 nitrogen and oxygen atoms in total. The Morgan fingerprint density at radius 1 is 1.28 bits per heavy atom. The van der Waals surface area contributed by atoms with E-state index in [1.54, 1.807) is 0 Å². The first-order valence-electron chi connectivity index (χ1n) is 5.73. The second-order valence-electron chi connectivity index (χ2n) is 4.19. The summed E-state index contributed by atoms with van der Waals surface area (Å²) in [5, 5.41) is 0.113. The van der Waals surface area contributed by atoms with Crippen molar-refractivity contribution in [1.29, 1.82) is 0 Å². The fourth-order valence-corrected chi connectivity index (χ4v) is 2.76. The molecule has 0 aliphatic carbocycles. The van der Waals surface area contributed by atoms with Gasteiger partial charge in [0, 0.05) is 35.4 Å². The van der Waals surface area contributed by atoms with Crippen LogP contribution in [0.3, 0.4) is 0 Å². The molecule has 18 heavy (non-hydrogen) atoms. The molecule has 1 fully saturated rings. The van der Waals surface area contributed by atoms with Crippen LogP contribution in [0.5, 0.6) is 6.01 Å². The zero-order valence-corrected chi connectivity index (χ0v) is 11.9. The summed E-state index contributed by atoms with van der Waals surface area (Å²) < 4.78 is 16.7. The average Bonchev–Trinajstić information content (AvgIpc) is 2.28. The zero-order valence-electron chi connectivity index (χ0n) is 10.3. The molecule has 1 aliphatic heterocycles. The first-order chi connectivity index (χ1) is 8.54. The van der Waals surface area contributed by atoms with Crippen molar-refractivity contribution < 1.29 is 8.95 Å². The molecule has 0 atom stereocenters. The smallest absolute Gasteiger partial charge is 0.322 e. The van der Waals surface area contributed by atoms with Crippen molar-refractivity contribution in [2.45, 2.75) is 20.0 Å². The fraction of sp³-hybridized carbons (Fsp3) is 0.700. The normalized spacial score (nSPS) is 17.2. The molecule has 2 heterocycles. The Balaban J connectivity index is 2.17. The summed E-state index contributed by atoms with van der Waals surface area (Å²) in [7, 11) is -0.732. The summed E-state index contributed by atoms with van der Waals surface area (Å²) in [5.74, 6) is 1.75. The maximum atomic E-state index is 11.3. The number of ether oxygens (including phenoxy) is 1. The van der Waals surface area contributed by atoms with Gasteiger partial charge in [0.25, 0.3) is 0 Å². The van der Waals surface area contributed by atoms with Crippen LogP contribution < -0.4 is 9.64 Å². The summed E-state index contributed by atoms with van der Waals surface area (Å²) in [4.78, 5) is 14.2. The lowest BCUT2D eigenvalue weighted by Gasteiger charge is -2.26. The number of aromatic nitrogens is 3. The summed E-state index contributed by atoms with van der Waals surface area (Å²) in [5.41, 5.74) is 0. The third kappa shape index (κ3) is 3.52. The Kier molecular flexibility index (Phi) is 4.34. The molecule has 2 rings (SSSR count). The highest BCUT2D eigenvalue weighted by atomic mass is 35.5. The van der Waals surface area contributed by atoms with E-state index in [9.17, 15) is 4.21 Å². The number of rotatable bonds is 3. The lowest BCUT2D eigenvalue weighted by atomic mass is 10.5. The van der Waals surface area contributed by atoms with Crippen molar-refractivity contribution in [2.75, 3.05) is 29.5 Å². The van der Waals surface area contributed by atoms with Crippen molar-refractivity contribution in [2.24, 2.45) is 0 Å². The predicted octanol–water partition coefficient (Wildman–Crippen LogP) is 0.881. The third-order valence-electron chi connectivity index (χ3n) is 2.38. The van der Waals surface area contributed by atoms with Crippen LogP contribution in [0.2, 0.25) is 5.28 Å². The van der Waals surface area contributed by atoms with Gasteiger partial charge < -0.3 is 9.64 Å². The average molecular weight is 291 g/mol. The van der Waals surface area contributed by atoms with E-state index < -0.39 is 10.8 Å². The zero-order chi connectivity index (χ0) is 13.1. The van der Waals surface area contributed by atoms with Crippen molar-refractivity contribution in [3.63, 3.8) is 0 Å². The van der Waals surface area contributed by atoms with Crippen LogP contribution in [0.25, 0.3) is 0 Å². The van der Waals surface area contributed by atoms with E-state index in [-0.39, 0.29) is 17.4 Å². The molecule has 0 saturated carbocycles. The monoisotopic (exact) mass is 290 g/mol. The Morgan fingerprint density at radius 2 is 1.94 bits per heavy atom. The van der Waals surface area contributed by atoms with Crippen LogP contribution in [0, 0.1) is 0 Å². The van der Waals surface area contributed by atoms with E-state index in [4.69, 9.17) is 16.3 Å². The molecule has 0 N–H and O–H groups in total. The number of anilines is 1. The lowest BCUT2D eigenvalue weighted by molar-refractivity contribution is 0.221. The van der Waals surface area contributed by atoms with Gasteiger partial charge in [0.2, 0.25) is 11.2 Å². The third-order valence-corrected chi connectivity index (χ3v) is 3.82. The molecule has 0 bridgehead atoms. The van der Waals surface area contributed by atoms with E-state index in [1.165, 1.54) is 0 Å². The second-order valence-corrected chi connectivity index (χ2v) is 6.22. The van der Waals surface area contributed by atoms with Gasteiger partial charge in [-0.05, 0) is 25.4 Å². The highest BCUT2D eigenvalue weighted by Crippen LogP contribution is 2.17. The molecule has 1 aromatic rings. The lowest BCUT2D eigenvalue weighted by Crippen LogP contribution is -2.38. The molecular weight excluding hydrogens is 276 g/mol. The molecule has 0 spiro atoms. The maximum absolute atomic E-state index is 11.3. The molecule has 0 aromatic carbocycles. The molecule has 1 saturated heterocycles. The van der Waals surface area contributed by atoms with Gasteiger partial charge >= 0.3 is 6.01 Å². The second kappa shape index (κ2) is 5.79. The number of halogens is 1. The number of nitrogens with zero attached hydrogens (tertiary/aromatic N) is 4. The maximum Gasteiger partial charge on any atom is 0.322 e. The van der Waals surface area contributed by atoms with E-state index in [0.717, 1.165) is 0 Å². The van der Waals surface area contributed by atoms with Gasteiger partial charge in [-0.2, -0.15) is 15.0 Å². The van der Waals surface area contributed by atoms with Crippen LogP contribution >= 0.6 is 11.6 Å². The van der Waals surface area contributed by atoms with Crippen molar-refractivity contribution >= 4 is 28.3 Å². The first kappa shape index (κ1) is 13.5. The summed E-state index contributed by atoms with van der Waals surface area (Å²) in [6, 6.07) is 0.228. The van der Waals surface area contributed by atoms with Crippen molar-refractivity contribution in [1.82, 2.24) is 15.0 Å². The summed E-state index contributed by atoms with van der Waals surface area (Å²) in [6.07, 6.45) is -0.0230. The molecule has 0 radical (unpaired) electrons. The fourth-order valence-electron chi connectivity index (χ4n) is 1.56. The Hall–Kier alpha value is -0.950. The van der Waals surface area contributed by atoms with E-state index in [2.05, 4.69) is 15.0 Å². The SMILES string of the molecule is CC(C)Oc1nc(Cl)nc(N2CCS(=O)CC2)n1. The van der Waals surface area contributed by atoms with Crippen LogP contribution in [0.15, 0.2) is 0 Å². The van der Waals surface area contributed by atoms with Gasteiger partial charge in [-0.1, -0.05) is 0 Å². The van der Waals surface area contributed by atoms with Gasteiger partial charge in [0.15, 0.2) is 0 Å².